The van der Waals surface area contributed by atoms with E-state index in [4.69, 9.17) is 0 Å². The van der Waals surface area contributed by atoms with Crippen molar-refractivity contribution < 1.29 is 9.18 Å². The maximum absolute atomic E-state index is 13.2. The summed E-state index contributed by atoms with van der Waals surface area (Å²) in [6.45, 7) is 5.31. The maximum Gasteiger partial charge on any atom is 0.254 e. The molecule has 3 rings (SSSR count). The van der Waals surface area contributed by atoms with Crippen molar-refractivity contribution in [2.75, 3.05) is 6.54 Å². The minimum absolute atomic E-state index is 0.0149. The molecule has 0 radical (unpaired) electrons. The number of nitrogens with zero attached hydrogens (tertiary/aromatic N) is 2. The Bertz CT molecular complexity index is 691. The van der Waals surface area contributed by atoms with Crippen LogP contribution in [0.3, 0.4) is 0 Å². The molecule has 0 saturated carbocycles. The molecule has 1 aromatic carbocycles. The normalized spacial score (nSPS) is 17.0. The highest BCUT2D eigenvalue weighted by molar-refractivity contribution is 5.95. The van der Waals surface area contributed by atoms with Crippen LogP contribution in [0.2, 0.25) is 0 Å². The van der Waals surface area contributed by atoms with Crippen LogP contribution in [0.1, 0.15) is 35.5 Å². The molecule has 1 amide bonds. The fourth-order valence-electron chi connectivity index (χ4n) is 2.62. The second kappa shape index (κ2) is 4.98. The van der Waals surface area contributed by atoms with Crippen LogP contribution in [-0.2, 0) is 13.0 Å². The molecule has 0 unspecified atom stereocenters. The molecule has 4 nitrogen and oxygen atoms in total. The van der Waals surface area contributed by atoms with Crippen molar-refractivity contribution in [2.24, 2.45) is 5.41 Å². The van der Waals surface area contributed by atoms with Crippen LogP contribution < -0.4 is 5.32 Å². The monoisotopic (exact) mass is 287 g/mol. The Hall–Kier alpha value is -2.17. The topological polar surface area (TPSA) is 46.9 Å². The van der Waals surface area contributed by atoms with Gasteiger partial charge in [0, 0.05) is 12.7 Å². The summed E-state index contributed by atoms with van der Waals surface area (Å²) in [5.74, 6) is -0.346. The lowest BCUT2D eigenvalue weighted by atomic mass is 9.88. The molecule has 2 heterocycles. The lowest BCUT2D eigenvalue weighted by Gasteiger charge is -2.21. The largest absolute Gasteiger partial charge is 0.351 e. The zero-order valence-corrected chi connectivity index (χ0v) is 12.2. The van der Waals surface area contributed by atoms with E-state index in [2.05, 4.69) is 24.3 Å². The highest BCUT2D eigenvalue weighted by atomic mass is 19.1. The predicted molar refractivity (Wildman–Crippen MR) is 77.5 cm³/mol. The number of hydrogen-bond donors (Lipinski definition) is 1. The molecule has 110 valence electrons. The Labute approximate surface area is 123 Å². The average molecular weight is 287 g/mol. The van der Waals surface area contributed by atoms with Crippen molar-refractivity contribution >= 4 is 5.91 Å². The van der Waals surface area contributed by atoms with Crippen molar-refractivity contribution in [2.45, 2.75) is 26.8 Å². The second-order valence-corrected chi connectivity index (χ2v) is 6.34. The zero-order valence-electron chi connectivity index (χ0n) is 12.2. The number of fused-ring (bicyclic) bond motifs is 1. The van der Waals surface area contributed by atoms with E-state index in [0.29, 0.717) is 18.7 Å². The minimum Gasteiger partial charge on any atom is -0.351 e. The number of benzene rings is 1. The number of aromatic nitrogens is 2. The fourth-order valence-corrected chi connectivity index (χ4v) is 2.62. The zero-order chi connectivity index (χ0) is 15.0. The van der Waals surface area contributed by atoms with Crippen LogP contribution in [0, 0.1) is 11.2 Å². The van der Waals surface area contributed by atoms with Crippen LogP contribution in [-0.4, -0.2) is 22.2 Å². The summed E-state index contributed by atoms with van der Waals surface area (Å²) in [5.41, 5.74) is 2.24. The Morgan fingerprint density at radius 3 is 3.00 bits per heavy atom. The van der Waals surface area contributed by atoms with E-state index in [-0.39, 0.29) is 17.1 Å². The number of carbonyl (C=O) groups is 1. The Kier molecular flexibility index (Phi) is 3.27. The number of rotatable bonds is 2. The third-order valence-electron chi connectivity index (χ3n) is 3.69. The summed E-state index contributed by atoms with van der Waals surface area (Å²) in [7, 11) is 0. The molecule has 0 atom stereocenters. The Balaban J connectivity index is 1.90. The van der Waals surface area contributed by atoms with E-state index in [1.165, 1.54) is 12.1 Å². The minimum atomic E-state index is -0.264. The summed E-state index contributed by atoms with van der Waals surface area (Å²) < 4.78 is 14.9. The van der Waals surface area contributed by atoms with Gasteiger partial charge in [0.15, 0.2) is 0 Å². The quantitative estimate of drug-likeness (QED) is 0.922. The fraction of sp³-hybridized carbons (Fsp3) is 0.375. The van der Waals surface area contributed by atoms with E-state index < -0.39 is 0 Å². The van der Waals surface area contributed by atoms with Gasteiger partial charge in [-0.2, -0.15) is 5.10 Å². The van der Waals surface area contributed by atoms with Gasteiger partial charge < -0.3 is 5.32 Å². The Morgan fingerprint density at radius 1 is 1.43 bits per heavy atom. The molecule has 1 N–H and O–H groups in total. The van der Waals surface area contributed by atoms with E-state index >= 15 is 0 Å². The van der Waals surface area contributed by atoms with Crippen molar-refractivity contribution in [3.8, 4) is 0 Å². The summed E-state index contributed by atoms with van der Waals surface area (Å²) in [6.07, 6.45) is 2.49. The second-order valence-electron chi connectivity index (χ2n) is 6.34. The average Bonchev–Trinajstić information content (AvgIpc) is 2.73. The number of nitrogens with one attached hydrogen (secondary N) is 1. The van der Waals surface area contributed by atoms with Crippen molar-refractivity contribution in [1.82, 2.24) is 15.1 Å². The highest BCUT2D eigenvalue weighted by Gasteiger charge is 2.29. The van der Waals surface area contributed by atoms with E-state index in [1.807, 2.05) is 6.07 Å². The molecule has 0 spiro atoms. The molecule has 0 saturated heterocycles. The van der Waals surface area contributed by atoms with Crippen molar-refractivity contribution in [1.29, 1.82) is 0 Å². The standard InChI is InChI=1S/C16H18FN3O/c1-16(2)7-14-13(15(21)18-10-16)9-20(19-14)8-11-4-3-5-12(17)6-11/h3-6,9H,7-8,10H2,1-2H3,(H,18,21). The van der Waals surface area contributed by atoms with E-state index in [9.17, 15) is 9.18 Å². The SMILES string of the molecule is CC1(C)CNC(=O)c2cn(Cc3cccc(F)c3)nc2C1. The van der Waals surface area contributed by atoms with Gasteiger partial charge >= 0.3 is 0 Å². The molecule has 2 aromatic rings. The number of amides is 1. The van der Waals surface area contributed by atoms with Crippen LogP contribution in [0.25, 0.3) is 0 Å². The smallest absolute Gasteiger partial charge is 0.254 e. The molecule has 5 heteroatoms. The molecule has 1 aliphatic heterocycles. The summed E-state index contributed by atoms with van der Waals surface area (Å²) >= 11 is 0. The van der Waals surface area contributed by atoms with Gasteiger partial charge in [-0.25, -0.2) is 4.39 Å². The molecular weight excluding hydrogens is 269 g/mol. The van der Waals surface area contributed by atoms with Crippen LogP contribution in [0.5, 0.6) is 0 Å². The molecule has 0 bridgehead atoms. The number of carbonyl (C=O) groups excluding carboxylic acids is 1. The molecule has 0 aliphatic carbocycles. The van der Waals surface area contributed by atoms with Crippen LogP contribution in [0.4, 0.5) is 4.39 Å². The predicted octanol–water partition coefficient (Wildman–Crippen LogP) is 2.38. The maximum atomic E-state index is 13.2. The van der Waals surface area contributed by atoms with Gasteiger partial charge in [0.2, 0.25) is 0 Å². The Morgan fingerprint density at radius 2 is 2.24 bits per heavy atom. The van der Waals surface area contributed by atoms with Gasteiger partial charge in [-0.05, 0) is 29.5 Å². The van der Waals surface area contributed by atoms with Gasteiger partial charge in [0.1, 0.15) is 5.82 Å². The molecular formula is C16H18FN3O. The van der Waals surface area contributed by atoms with Gasteiger partial charge in [-0.3, -0.25) is 9.48 Å². The summed E-state index contributed by atoms with van der Waals surface area (Å²) in [5, 5.41) is 7.44. The molecule has 21 heavy (non-hydrogen) atoms. The molecule has 1 aliphatic rings. The van der Waals surface area contributed by atoms with Gasteiger partial charge in [0.25, 0.3) is 5.91 Å². The van der Waals surface area contributed by atoms with Crippen LogP contribution in [0.15, 0.2) is 30.5 Å². The number of halogens is 1. The molecule has 1 aromatic heterocycles. The van der Waals surface area contributed by atoms with Crippen LogP contribution >= 0.6 is 0 Å². The first kappa shape index (κ1) is 13.8. The summed E-state index contributed by atoms with van der Waals surface area (Å²) in [6, 6.07) is 6.42. The first-order valence-electron chi connectivity index (χ1n) is 7.02. The van der Waals surface area contributed by atoms with Crippen molar-refractivity contribution in [3.63, 3.8) is 0 Å². The number of hydrogen-bond acceptors (Lipinski definition) is 2. The highest BCUT2D eigenvalue weighted by Crippen LogP contribution is 2.25. The van der Waals surface area contributed by atoms with Gasteiger partial charge in [0.05, 0.1) is 17.8 Å². The van der Waals surface area contributed by atoms with E-state index in [0.717, 1.165) is 17.7 Å². The van der Waals surface area contributed by atoms with Crippen molar-refractivity contribution in [3.05, 3.63) is 53.1 Å². The third kappa shape index (κ3) is 2.96. The first-order chi connectivity index (χ1) is 9.93. The lowest BCUT2D eigenvalue weighted by molar-refractivity contribution is 0.0944. The van der Waals surface area contributed by atoms with Gasteiger partial charge in [-0.1, -0.05) is 26.0 Å². The van der Waals surface area contributed by atoms with E-state index in [1.54, 1.807) is 16.9 Å². The summed E-state index contributed by atoms with van der Waals surface area (Å²) in [4.78, 5) is 12.1. The molecule has 0 fully saturated rings. The first-order valence-corrected chi connectivity index (χ1v) is 7.02. The lowest BCUT2D eigenvalue weighted by Crippen LogP contribution is -2.31. The third-order valence-corrected chi connectivity index (χ3v) is 3.69. The van der Waals surface area contributed by atoms with Gasteiger partial charge in [-0.15, -0.1) is 0 Å².